The van der Waals surface area contributed by atoms with Crippen molar-refractivity contribution in [1.29, 1.82) is 0 Å². The van der Waals surface area contributed by atoms with Gasteiger partial charge in [-0.15, -0.1) is 0 Å². The molecule has 21 heavy (non-hydrogen) atoms. The van der Waals surface area contributed by atoms with Crippen LogP contribution < -0.4 is 0 Å². The lowest BCUT2D eigenvalue weighted by molar-refractivity contribution is 0.942. The minimum Gasteiger partial charge on any atom is -0.255 e. The van der Waals surface area contributed by atoms with Gasteiger partial charge in [-0.1, -0.05) is 36.4 Å². The van der Waals surface area contributed by atoms with Crippen LogP contribution >= 0.6 is 0 Å². The van der Waals surface area contributed by atoms with Crippen LogP contribution in [0.3, 0.4) is 0 Å². The van der Waals surface area contributed by atoms with Crippen LogP contribution in [0.25, 0.3) is 28.2 Å². The van der Waals surface area contributed by atoms with Gasteiger partial charge in [0.15, 0.2) is 5.65 Å². The fourth-order valence-electron chi connectivity index (χ4n) is 2.42. The highest BCUT2D eigenvalue weighted by Gasteiger charge is 2.11. The molecule has 4 nitrogen and oxygen atoms in total. The molecule has 3 heterocycles. The third-order valence-electron chi connectivity index (χ3n) is 3.41. The number of hydrogen-bond donors (Lipinski definition) is 0. The number of pyridine rings is 1. The number of benzene rings is 1. The van der Waals surface area contributed by atoms with Crippen LogP contribution in [0, 0.1) is 0 Å². The second-order valence-corrected chi connectivity index (χ2v) is 4.70. The topological polar surface area (TPSA) is 43.1 Å². The lowest BCUT2D eigenvalue weighted by atomic mass is 10.1. The summed E-state index contributed by atoms with van der Waals surface area (Å²) in [6, 6.07) is 17.9. The molecule has 4 rings (SSSR count). The number of fused-ring (bicyclic) bond motifs is 1. The Kier molecular flexibility index (Phi) is 2.71. The van der Waals surface area contributed by atoms with Gasteiger partial charge in [-0.25, -0.2) is 9.50 Å². The summed E-state index contributed by atoms with van der Waals surface area (Å²) in [4.78, 5) is 8.87. The molecule has 100 valence electrons. The summed E-state index contributed by atoms with van der Waals surface area (Å²) in [7, 11) is 0. The van der Waals surface area contributed by atoms with E-state index < -0.39 is 0 Å². The summed E-state index contributed by atoms with van der Waals surface area (Å²) in [6.07, 6.45) is 5.43. The van der Waals surface area contributed by atoms with Gasteiger partial charge in [-0.2, -0.15) is 5.10 Å². The van der Waals surface area contributed by atoms with Gasteiger partial charge in [0.2, 0.25) is 0 Å². The molecule has 0 unspecified atom stereocenters. The van der Waals surface area contributed by atoms with Crippen molar-refractivity contribution in [2.24, 2.45) is 0 Å². The first-order valence-corrected chi connectivity index (χ1v) is 6.73. The zero-order valence-electron chi connectivity index (χ0n) is 11.2. The predicted molar refractivity (Wildman–Crippen MR) is 81.7 cm³/mol. The molecule has 0 spiro atoms. The third kappa shape index (κ3) is 1.97. The molecule has 0 radical (unpaired) electrons. The Morgan fingerprint density at radius 3 is 2.43 bits per heavy atom. The average molecular weight is 272 g/mol. The SMILES string of the molecule is c1ccc(-c2cnn3c(-c4ccccn4)ccnc23)cc1. The molecule has 0 N–H and O–H groups in total. The van der Waals surface area contributed by atoms with Crippen LogP contribution in [0.2, 0.25) is 0 Å². The van der Waals surface area contributed by atoms with Crippen molar-refractivity contribution in [1.82, 2.24) is 19.6 Å². The molecule has 4 aromatic rings. The van der Waals surface area contributed by atoms with Crippen molar-refractivity contribution in [3.63, 3.8) is 0 Å². The Morgan fingerprint density at radius 2 is 1.62 bits per heavy atom. The molecule has 0 fully saturated rings. The van der Waals surface area contributed by atoms with Crippen molar-refractivity contribution in [3.05, 3.63) is 73.2 Å². The summed E-state index contributed by atoms with van der Waals surface area (Å²) in [6.45, 7) is 0. The van der Waals surface area contributed by atoms with E-state index in [2.05, 4.69) is 27.2 Å². The first-order valence-electron chi connectivity index (χ1n) is 6.73. The van der Waals surface area contributed by atoms with Crippen LogP contribution in [-0.2, 0) is 0 Å². The monoisotopic (exact) mass is 272 g/mol. The number of nitrogens with zero attached hydrogens (tertiary/aromatic N) is 4. The quantitative estimate of drug-likeness (QED) is 0.561. The fraction of sp³-hybridized carbons (Fsp3) is 0. The molecule has 3 aromatic heterocycles. The van der Waals surface area contributed by atoms with Crippen molar-refractivity contribution in [2.75, 3.05) is 0 Å². The van der Waals surface area contributed by atoms with Gasteiger partial charge >= 0.3 is 0 Å². The molecular formula is C17H12N4. The lowest BCUT2D eigenvalue weighted by Gasteiger charge is -2.04. The van der Waals surface area contributed by atoms with E-state index in [9.17, 15) is 0 Å². The third-order valence-corrected chi connectivity index (χ3v) is 3.41. The molecule has 4 heteroatoms. The summed E-state index contributed by atoms with van der Waals surface area (Å²) >= 11 is 0. The normalized spacial score (nSPS) is 10.9. The summed E-state index contributed by atoms with van der Waals surface area (Å²) in [5.41, 5.74) is 4.78. The Labute approximate surface area is 121 Å². The summed E-state index contributed by atoms with van der Waals surface area (Å²) in [5.74, 6) is 0. The maximum Gasteiger partial charge on any atom is 0.163 e. The summed E-state index contributed by atoms with van der Waals surface area (Å²) < 4.78 is 1.84. The number of hydrogen-bond acceptors (Lipinski definition) is 3. The average Bonchev–Trinajstić information content (AvgIpc) is 3.00. The first-order chi connectivity index (χ1) is 10.4. The fourth-order valence-corrected chi connectivity index (χ4v) is 2.42. The Balaban J connectivity index is 1.96. The van der Waals surface area contributed by atoms with E-state index in [0.717, 1.165) is 28.2 Å². The standard InChI is InChI=1S/C17H12N4/c1-2-6-13(7-3-1)14-12-20-21-16(9-11-19-17(14)21)15-8-4-5-10-18-15/h1-12H. The van der Waals surface area contributed by atoms with Crippen LogP contribution in [0.4, 0.5) is 0 Å². The molecule has 0 saturated carbocycles. The first kappa shape index (κ1) is 11.8. The van der Waals surface area contributed by atoms with E-state index in [1.807, 2.05) is 53.2 Å². The van der Waals surface area contributed by atoms with E-state index in [-0.39, 0.29) is 0 Å². The molecule has 0 atom stereocenters. The van der Waals surface area contributed by atoms with Crippen LogP contribution in [0.5, 0.6) is 0 Å². The molecule has 1 aromatic carbocycles. The molecular weight excluding hydrogens is 260 g/mol. The van der Waals surface area contributed by atoms with Crippen LogP contribution in [0.15, 0.2) is 73.2 Å². The van der Waals surface area contributed by atoms with Crippen LogP contribution in [-0.4, -0.2) is 19.6 Å². The molecule has 0 aliphatic rings. The van der Waals surface area contributed by atoms with E-state index in [1.165, 1.54) is 0 Å². The van der Waals surface area contributed by atoms with E-state index in [1.54, 1.807) is 12.4 Å². The van der Waals surface area contributed by atoms with Crippen molar-refractivity contribution in [2.45, 2.75) is 0 Å². The molecule has 0 bridgehead atoms. The lowest BCUT2D eigenvalue weighted by Crippen LogP contribution is -1.96. The highest BCUT2D eigenvalue weighted by atomic mass is 15.3. The van der Waals surface area contributed by atoms with Gasteiger partial charge in [0.25, 0.3) is 0 Å². The number of aromatic nitrogens is 4. The largest absolute Gasteiger partial charge is 0.255 e. The van der Waals surface area contributed by atoms with Gasteiger partial charge in [-0.3, -0.25) is 4.98 Å². The van der Waals surface area contributed by atoms with Gasteiger partial charge < -0.3 is 0 Å². The Bertz CT molecular complexity index is 882. The van der Waals surface area contributed by atoms with Crippen molar-refractivity contribution in [3.8, 4) is 22.5 Å². The number of rotatable bonds is 2. The molecule has 0 amide bonds. The highest BCUT2D eigenvalue weighted by Crippen LogP contribution is 2.25. The minimum atomic E-state index is 0.837. The van der Waals surface area contributed by atoms with E-state index in [0.29, 0.717) is 0 Å². The second-order valence-electron chi connectivity index (χ2n) is 4.70. The predicted octanol–water partition coefficient (Wildman–Crippen LogP) is 3.46. The van der Waals surface area contributed by atoms with Crippen molar-refractivity contribution < 1.29 is 0 Å². The molecule has 0 saturated heterocycles. The van der Waals surface area contributed by atoms with Gasteiger partial charge in [-0.05, 0) is 23.8 Å². The Morgan fingerprint density at radius 1 is 0.762 bits per heavy atom. The maximum atomic E-state index is 4.49. The summed E-state index contributed by atoms with van der Waals surface area (Å²) in [5, 5.41) is 4.49. The Hall–Kier alpha value is -3.01. The molecule has 0 aliphatic carbocycles. The van der Waals surface area contributed by atoms with Gasteiger partial charge in [0.1, 0.15) is 0 Å². The zero-order valence-corrected chi connectivity index (χ0v) is 11.2. The minimum absolute atomic E-state index is 0.837. The maximum absolute atomic E-state index is 4.49. The van der Waals surface area contributed by atoms with Crippen molar-refractivity contribution >= 4 is 5.65 Å². The van der Waals surface area contributed by atoms with Crippen LogP contribution in [0.1, 0.15) is 0 Å². The van der Waals surface area contributed by atoms with Gasteiger partial charge in [0.05, 0.1) is 17.6 Å². The van der Waals surface area contributed by atoms with E-state index >= 15 is 0 Å². The smallest absolute Gasteiger partial charge is 0.163 e. The zero-order chi connectivity index (χ0) is 14.1. The van der Waals surface area contributed by atoms with Gasteiger partial charge in [0, 0.05) is 18.0 Å². The van der Waals surface area contributed by atoms with E-state index in [4.69, 9.17) is 0 Å². The molecule has 0 aliphatic heterocycles. The highest BCUT2D eigenvalue weighted by molar-refractivity contribution is 5.78. The second kappa shape index (κ2) is 4.83.